The fourth-order valence-electron chi connectivity index (χ4n) is 2.44. The summed E-state index contributed by atoms with van der Waals surface area (Å²) in [6.45, 7) is 4.27. The standard InChI is InChI=1S/C19H29F3N2O4S/c1-4-13-23(2)14-7-5-6-8-15-27-18-11-9-17(10-12-18)24(3)29(25,26)28-16-19(20,21)22/h4,9-12H,1,5-8,13-16H2,2-3H3. The van der Waals surface area contributed by atoms with E-state index in [1.807, 2.05) is 6.08 Å². The Morgan fingerprint density at radius 2 is 1.69 bits per heavy atom. The van der Waals surface area contributed by atoms with Gasteiger partial charge in [-0.15, -0.1) is 6.58 Å². The number of anilines is 1. The lowest BCUT2D eigenvalue weighted by Gasteiger charge is -2.19. The monoisotopic (exact) mass is 438 g/mol. The Kier molecular flexibility index (Phi) is 10.5. The minimum Gasteiger partial charge on any atom is -0.494 e. The summed E-state index contributed by atoms with van der Waals surface area (Å²) in [5.41, 5.74) is 0.170. The van der Waals surface area contributed by atoms with E-state index in [9.17, 15) is 21.6 Å². The zero-order chi connectivity index (χ0) is 21.9. The number of alkyl halides is 3. The zero-order valence-electron chi connectivity index (χ0n) is 16.8. The third-order valence-corrected chi connectivity index (χ3v) is 5.35. The second-order valence-corrected chi connectivity index (χ2v) is 8.25. The van der Waals surface area contributed by atoms with Crippen LogP contribution in [0.5, 0.6) is 5.75 Å². The Labute approximate surface area is 171 Å². The summed E-state index contributed by atoms with van der Waals surface area (Å²) < 4.78 is 70.4. The predicted octanol–water partition coefficient (Wildman–Crippen LogP) is 4.00. The molecule has 0 aromatic heterocycles. The summed E-state index contributed by atoms with van der Waals surface area (Å²) in [5.74, 6) is 0.557. The van der Waals surface area contributed by atoms with Crippen molar-refractivity contribution in [1.29, 1.82) is 0 Å². The normalized spacial score (nSPS) is 12.2. The van der Waals surface area contributed by atoms with Gasteiger partial charge in [0.05, 0.1) is 12.3 Å². The molecule has 10 heteroatoms. The molecule has 1 aromatic carbocycles. The van der Waals surface area contributed by atoms with Crippen LogP contribution in [0.25, 0.3) is 0 Å². The lowest BCUT2D eigenvalue weighted by molar-refractivity contribution is -0.152. The van der Waals surface area contributed by atoms with Gasteiger partial charge in [0.15, 0.2) is 6.61 Å². The molecule has 0 saturated heterocycles. The lowest BCUT2D eigenvalue weighted by atomic mass is 10.2. The largest absolute Gasteiger partial charge is 0.494 e. The molecule has 0 radical (unpaired) electrons. The van der Waals surface area contributed by atoms with Gasteiger partial charge in [-0.25, -0.2) is 4.18 Å². The zero-order valence-corrected chi connectivity index (χ0v) is 17.6. The molecule has 0 amide bonds. The molecule has 1 rings (SSSR count). The average Bonchev–Trinajstić information content (AvgIpc) is 2.65. The molecule has 0 spiro atoms. The van der Waals surface area contributed by atoms with Gasteiger partial charge >= 0.3 is 16.5 Å². The fraction of sp³-hybridized carbons (Fsp3) is 0.579. The molecule has 6 nitrogen and oxygen atoms in total. The van der Waals surface area contributed by atoms with Crippen LogP contribution in [-0.2, 0) is 14.5 Å². The van der Waals surface area contributed by atoms with Crippen molar-refractivity contribution in [3.05, 3.63) is 36.9 Å². The third kappa shape index (κ3) is 10.5. The number of ether oxygens (including phenoxy) is 1. The summed E-state index contributed by atoms with van der Waals surface area (Å²) >= 11 is 0. The Morgan fingerprint density at radius 3 is 2.28 bits per heavy atom. The number of unbranched alkanes of at least 4 members (excludes halogenated alkanes) is 3. The number of rotatable bonds is 14. The molecule has 0 heterocycles. The predicted molar refractivity (Wildman–Crippen MR) is 107 cm³/mol. The number of hydrogen-bond acceptors (Lipinski definition) is 5. The van der Waals surface area contributed by atoms with Crippen molar-refractivity contribution in [3.63, 3.8) is 0 Å². The third-order valence-electron chi connectivity index (χ3n) is 4.05. The Balaban J connectivity index is 2.35. The van der Waals surface area contributed by atoms with Crippen LogP contribution in [0.2, 0.25) is 0 Å². The van der Waals surface area contributed by atoms with Crippen LogP contribution in [0.1, 0.15) is 25.7 Å². The van der Waals surface area contributed by atoms with Gasteiger partial charge in [-0.3, -0.25) is 4.31 Å². The molecule has 0 unspecified atom stereocenters. The second kappa shape index (κ2) is 12.0. The van der Waals surface area contributed by atoms with E-state index >= 15 is 0 Å². The maximum atomic E-state index is 12.2. The van der Waals surface area contributed by atoms with Gasteiger partial charge in [0, 0.05) is 13.6 Å². The van der Waals surface area contributed by atoms with E-state index in [-0.39, 0.29) is 5.69 Å². The SMILES string of the molecule is C=CCN(C)CCCCCCOc1ccc(N(C)S(=O)(=O)OCC(F)(F)F)cc1. The molecule has 0 N–H and O–H groups in total. The molecular weight excluding hydrogens is 409 g/mol. The molecule has 0 bridgehead atoms. The van der Waals surface area contributed by atoms with E-state index in [0.717, 1.165) is 45.8 Å². The summed E-state index contributed by atoms with van der Waals surface area (Å²) in [7, 11) is -1.36. The van der Waals surface area contributed by atoms with Crippen molar-refractivity contribution in [1.82, 2.24) is 4.90 Å². The van der Waals surface area contributed by atoms with Crippen molar-refractivity contribution in [2.24, 2.45) is 0 Å². The van der Waals surface area contributed by atoms with Gasteiger partial charge in [-0.05, 0) is 50.7 Å². The molecule has 0 aliphatic heterocycles. The molecule has 166 valence electrons. The molecule has 29 heavy (non-hydrogen) atoms. The molecule has 0 aliphatic carbocycles. The molecule has 0 atom stereocenters. The van der Waals surface area contributed by atoms with Crippen LogP contribution in [0.4, 0.5) is 18.9 Å². The van der Waals surface area contributed by atoms with Crippen LogP contribution >= 0.6 is 0 Å². The van der Waals surface area contributed by atoms with Gasteiger partial charge in [0.1, 0.15) is 5.75 Å². The minimum absolute atomic E-state index is 0.170. The first-order valence-electron chi connectivity index (χ1n) is 9.27. The van der Waals surface area contributed by atoms with E-state index in [1.54, 1.807) is 12.1 Å². The highest BCUT2D eigenvalue weighted by Crippen LogP contribution is 2.23. The first-order chi connectivity index (χ1) is 13.5. The maximum Gasteiger partial charge on any atom is 0.413 e. The Morgan fingerprint density at radius 1 is 1.07 bits per heavy atom. The lowest BCUT2D eigenvalue weighted by Crippen LogP contribution is -2.31. The van der Waals surface area contributed by atoms with Crippen LogP contribution in [0.3, 0.4) is 0 Å². The first-order valence-corrected chi connectivity index (χ1v) is 10.6. The van der Waals surface area contributed by atoms with E-state index in [1.165, 1.54) is 12.1 Å². The molecule has 0 aliphatic rings. The molecule has 0 saturated carbocycles. The highest BCUT2D eigenvalue weighted by molar-refractivity contribution is 7.88. The van der Waals surface area contributed by atoms with Crippen LogP contribution in [-0.4, -0.2) is 59.9 Å². The number of likely N-dealkylation sites (N-methyl/N-ethyl adjacent to an activating group) is 1. The van der Waals surface area contributed by atoms with Crippen molar-refractivity contribution in [3.8, 4) is 5.75 Å². The average molecular weight is 439 g/mol. The number of nitrogens with zero attached hydrogens (tertiary/aromatic N) is 2. The van der Waals surface area contributed by atoms with Crippen molar-refractivity contribution < 1.29 is 30.5 Å². The highest BCUT2D eigenvalue weighted by atomic mass is 32.2. The Hall–Kier alpha value is -1.78. The van der Waals surface area contributed by atoms with E-state index in [4.69, 9.17) is 4.74 Å². The number of benzene rings is 1. The number of hydrogen-bond donors (Lipinski definition) is 0. The summed E-state index contributed by atoms with van der Waals surface area (Å²) in [6, 6.07) is 6.02. The van der Waals surface area contributed by atoms with Crippen LogP contribution in [0, 0.1) is 0 Å². The van der Waals surface area contributed by atoms with Crippen molar-refractivity contribution in [2.45, 2.75) is 31.9 Å². The molecule has 0 fully saturated rings. The first kappa shape index (κ1) is 25.3. The molecule has 1 aromatic rings. The minimum atomic E-state index is -4.73. The fourth-order valence-corrected chi connectivity index (χ4v) is 3.26. The Bertz CT molecular complexity index is 709. The van der Waals surface area contributed by atoms with Crippen LogP contribution in [0.15, 0.2) is 36.9 Å². The summed E-state index contributed by atoms with van der Waals surface area (Å²) in [6.07, 6.45) is 1.29. The highest BCUT2D eigenvalue weighted by Gasteiger charge is 2.32. The van der Waals surface area contributed by atoms with Crippen molar-refractivity contribution >= 4 is 16.0 Å². The second-order valence-electron chi connectivity index (χ2n) is 6.61. The van der Waals surface area contributed by atoms with Gasteiger partial charge in [0.25, 0.3) is 0 Å². The topological polar surface area (TPSA) is 59.1 Å². The smallest absolute Gasteiger partial charge is 0.413 e. The summed E-state index contributed by atoms with van der Waals surface area (Å²) in [5, 5.41) is 0. The van der Waals surface area contributed by atoms with Crippen molar-refractivity contribution in [2.75, 3.05) is 44.7 Å². The summed E-state index contributed by atoms with van der Waals surface area (Å²) in [4.78, 5) is 2.20. The number of halogens is 3. The van der Waals surface area contributed by atoms with Gasteiger partial charge in [0.2, 0.25) is 0 Å². The van der Waals surface area contributed by atoms with E-state index < -0.39 is 23.1 Å². The van der Waals surface area contributed by atoms with Gasteiger partial charge in [-0.2, -0.15) is 21.6 Å². The van der Waals surface area contributed by atoms with Gasteiger partial charge in [-0.1, -0.05) is 18.9 Å². The maximum absolute atomic E-state index is 12.2. The van der Waals surface area contributed by atoms with E-state index in [2.05, 4.69) is 22.7 Å². The molecular formula is C19H29F3N2O4S. The quantitative estimate of drug-likeness (QED) is 0.325. The van der Waals surface area contributed by atoms with Gasteiger partial charge < -0.3 is 9.64 Å². The van der Waals surface area contributed by atoms with Crippen LogP contribution < -0.4 is 9.04 Å². The van der Waals surface area contributed by atoms with E-state index in [0.29, 0.717) is 16.7 Å².